The molecule has 0 amide bonds. The van der Waals surface area contributed by atoms with E-state index >= 15 is 0 Å². The summed E-state index contributed by atoms with van der Waals surface area (Å²) in [6.45, 7) is 3.59. The first-order chi connectivity index (χ1) is 14.0. The van der Waals surface area contributed by atoms with Crippen molar-refractivity contribution in [2.24, 2.45) is 0 Å². The number of rotatable bonds is 7. The van der Waals surface area contributed by atoms with Crippen LogP contribution in [0.1, 0.15) is 37.6 Å². The van der Waals surface area contributed by atoms with Gasteiger partial charge in [-0.3, -0.25) is 0 Å². The van der Waals surface area contributed by atoms with Gasteiger partial charge in [0.25, 0.3) is 0 Å². The van der Waals surface area contributed by atoms with Gasteiger partial charge in [-0.25, -0.2) is 9.59 Å². The van der Waals surface area contributed by atoms with Gasteiger partial charge in [0.2, 0.25) is 0 Å². The van der Waals surface area contributed by atoms with Crippen molar-refractivity contribution in [3.05, 3.63) is 82.6 Å². The summed E-state index contributed by atoms with van der Waals surface area (Å²) in [4.78, 5) is 23.9. The van der Waals surface area contributed by atoms with Crippen LogP contribution in [0.5, 0.6) is 0 Å². The Bertz CT molecular complexity index is 970. The lowest BCUT2D eigenvalue weighted by Crippen LogP contribution is -2.80. The lowest BCUT2D eigenvalue weighted by atomic mass is 10.0. The number of hydrogen-bond donors (Lipinski definition) is 1. The molecule has 0 saturated carbocycles. The van der Waals surface area contributed by atoms with Crippen LogP contribution in [0.15, 0.2) is 59.0 Å². The van der Waals surface area contributed by atoms with Crippen LogP contribution in [0.4, 0.5) is 0 Å². The van der Waals surface area contributed by atoms with Crippen molar-refractivity contribution in [2.45, 2.75) is 20.0 Å². The fraction of sp³-hybridized carbons (Fsp3) is 0.217. The number of quaternary nitrogens is 1. The zero-order valence-electron chi connectivity index (χ0n) is 16.7. The Morgan fingerprint density at radius 1 is 0.862 bits per heavy atom. The standard InChI is InChI=1S/C23H23NO5/c1-15-4-6-16(7-5-15)13-24-14-20-8-9-21(29-20)17-10-18(22(25)27-2)12-19(11-17)23(26)28-3/h4-12,24H,13-14H2,1-3H3/p+1. The average Bonchev–Trinajstić information content (AvgIpc) is 3.22. The van der Waals surface area contributed by atoms with E-state index in [1.807, 2.05) is 12.1 Å². The highest BCUT2D eigenvalue weighted by Crippen LogP contribution is 2.25. The number of esters is 2. The van der Waals surface area contributed by atoms with Crippen LogP contribution in [-0.4, -0.2) is 26.2 Å². The van der Waals surface area contributed by atoms with E-state index < -0.39 is 11.9 Å². The van der Waals surface area contributed by atoms with Crippen molar-refractivity contribution in [1.82, 2.24) is 0 Å². The van der Waals surface area contributed by atoms with Crippen LogP contribution in [0.3, 0.4) is 0 Å². The molecule has 0 bridgehead atoms. The van der Waals surface area contributed by atoms with E-state index in [1.54, 1.807) is 12.1 Å². The average molecular weight is 394 g/mol. The van der Waals surface area contributed by atoms with E-state index in [1.165, 1.54) is 31.4 Å². The summed E-state index contributed by atoms with van der Waals surface area (Å²) in [6, 6.07) is 16.9. The maximum Gasteiger partial charge on any atom is 0.337 e. The second-order valence-corrected chi connectivity index (χ2v) is 6.73. The smallest absolute Gasteiger partial charge is 0.337 e. The Hall–Kier alpha value is -3.38. The molecule has 0 spiro atoms. The van der Waals surface area contributed by atoms with Crippen molar-refractivity contribution < 1.29 is 28.8 Å². The molecule has 3 rings (SSSR count). The molecule has 0 radical (unpaired) electrons. The highest BCUT2D eigenvalue weighted by atomic mass is 16.5. The normalized spacial score (nSPS) is 10.6. The lowest BCUT2D eigenvalue weighted by molar-refractivity contribution is -0.687. The summed E-state index contributed by atoms with van der Waals surface area (Å²) < 4.78 is 15.5. The van der Waals surface area contributed by atoms with Gasteiger partial charge >= 0.3 is 11.9 Å². The van der Waals surface area contributed by atoms with Gasteiger partial charge in [-0.05, 0) is 37.3 Å². The van der Waals surface area contributed by atoms with Crippen LogP contribution >= 0.6 is 0 Å². The molecular formula is C23H24NO5+. The van der Waals surface area contributed by atoms with Gasteiger partial charge in [-0.1, -0.05) is 29.8 Å². The molecule has 0 aliphatic rings. The number of aryl methyl sites for hydroxylation is 1. The number of furan rings is 1. The van der Waals surface area contributed by atoms with Crippen LogP contribution in [0.2, 0.25) is 0 Å². The summed E-state index contributed by atoms with van der Waals surface area (Å²) in [5.41, 5.74) is 3.61. The molecule has 6 heteroatoms. The van der Waals surface area contributed by atoms with Gasteiger partial charge < -0.3 is 19.2 Å². The number of nitrogens with two attached hydrogens (primary N) is 1. The number of benzene rings is 2. The van der Waals surface area contributed by atoms with Crippen LogP contribution in [-0.2, 0) is 22.6 Å². The molecule has 6 nitrogen and oxygen atoms in total. The molecule has 150 valence electrons. The van der Waals surface area contributed by atoms with E-state index in [9.17, 15) is 9.59 Å². The monoisotopic (exact) mass is 394 g/mol. The summed E-state index contributed by atoms with van der Waals surface area (Å²) >= 11 is 0. The Kier molecular flexibility index (Phi) is 6.46. The molecule has 3 aromatic rings. The Balaban J connectivity index is 1.75. The second kappa shape index (κ2) is 9.21. The molecule has 0 atom stereocenters. The minimum absolute atomic E-state index is 0.259. The van der Waals surface area contributed by atoms with Gasteiger partial charge in [0.15, 0.2) is 5.76 Å². The SMILES string of the molecule is COC(=O)c1cc(C(=O)OC)cc(-c2ccc(C[NH2+]Cc3ccc(C)cc3)o2)c1. The first-order valence-electron chi connectivity index (χ1n) is 9.28. The molecule has 0 unspecified atom stereocenters. The fourth-order valence-electron chi connectivity index (χ4n) is 2.99. The van der Waals surface area contributed by atoms with Gasteiger partial charge in [0.1, 0.15) is 18.8 Å². The molecular weight excluding hydrogens is 370 g/mol. The molecule has 0 fully saturated rings. The van der Waals surface area contributed by atoms with Crippen LogP contribution < -0.4 is 5.32 Å². The minimum atomic E-state index is -0.532. The van der Waals surface area contributed by atoms with E-state index in [2.05, 4.69) is 36.5 Å². The third-order valence-electron chi connectivity index (χ3n) is 4.57. The first-order valence-corrected chi connectivity index (χ1v) is 9.28. The van der Waals surface area contributed by atoms with Gasteiger partial charge in [-0.15, -0.1) is 0 Å². The number of carbonyl (C=O) groups is 2. The molecule has 1 aromatic heterocycles. The second-order valence-electron chi connectivity index (χ2n) is 6.73. The first kappa shape index (κ1) is 20.4. The van der Waals surface area contributed by atoms with Crippen molar-refractivity contribution in [3.63, 3.8) is 0 Å². The third-order valence-corrected chi connectivity index (χ3v) is 4.57. The highest BCUT2D eigenvalue weighted by Gasteiger charge is 2.16. The fourth-order valence-corrected chi connectivity index (χ4v) is 2.99. The quantitative estimate of drug-likeness (QED) is 0.623. The predicted octanol–water partition coefficient (Wildman–Crippen LogP) is 3.09. The largest absolute Gasteiger partial charge is 0.465 e. The molecule has 0 aliphatic heterocycles. The molecule has 2 N–H and O–H groups in total. The number of carbonyl (C=O) groups excluding carboxylic acids is 2. The molecule has 1 heterocycles. The van der Waals surface area contributed by atoms with Crippen molar-refractivity contribution in [2.75, 3.05) is 14.2 Å². The van der Waals surface area contributed by atoms with E-state index in [0.29, 0.717) is 17.9 Å². The maximum atomic E-state index is 12.0. The highest BCUT2D eigenvalue weighted by molar-refractivity contribution is 5.97. The number of ether oxygens (including phenoxy) is 2. The van der Waals surface area contributed by atoms with Crippen LogP contribution in [0, 0.1) is 6.92 Å². The molecule has 29 heavy (non-hydrogen) atoms. The van der Waals surface area contributed by atoms with Gasteiger partial charge in [0, 0.05) is 11.1 Å². The minimum Gasteiger partial charge on any atom is -0.465 e. The Morgan fingerprint density at radius 3 is 2.07 bits per heavy atom. The number of methoxy groups -OCH3 is 2. The molecule has 2 aromatic carbocycles. The lowest BCUT2D eigenvalue weighted by Gasteiger charge is -2.06. The van der Waals surface area contributed by atoms with Crippen LogP contribution in [0.25, 0.3) is 11.3 Å². The maximum absolute atomic E-state index is 12.0. The van der Waals surface area contributed by atoms with E-state index in [0.717, 1.165) is 12.3 Å². The van der Waals surface area contributed by atoms with Gasteiger partial charge in [-0.2, -0.15) is 0 Å². The molecule has 0 aliphatic carbocycles. The Morgan fingerprint density at radius 2 is 1.48 bits per heavy atom. The molecule has 0 saturated heterocycles. The predicted molar refractivity (Wildman–Crippen MR) is 107 cm³/mol. The summed E-state index contributed by atoms with van der Waals surface area (Å²) in [6.07, 6.45) is 0. The number of hydrogen-bond acceptors (Lipinski definition) is 5. The zero-order chi connectivity index (χ0) is 20.8. The van der Waals surface area contributed by atoms with Gasteiger partial charge in [0.05, 0.1) is 25.3 Å². The topological polar surface area (TPSA) is 82.4 Å². The summed E-state index contributed by atoms with van der Waals surface area (Å²) in [5.74, 6) is 0.306. The Labute approximate surface area is 169 Å². The summed E-state index contributed by atoms with van der Waals surface area (Å²) in [7, 11) is 2.59. The van der Waals surface area contributed by atoms with Crippen molar-refractivity contribution in [3.8, 4) is 11.3 Å². The van der Waals surface area contributed by atoms with E-state index in [-0.39, 0.29) is 11.1 Å². The van der Waals surface area contributed by atoms with Crippen molar-refractivity contribution in [1.29, 1.82) is 0 Å². The van der Waals surface area contributed by atoms with E-state index in [4.69, 9.17) is 13.9 Å². The summed E-state index contributed by atoms with van der Waals surface area (Å²) in [5, 5.41) is 2.15. The zero-order valence-corrected chi connectivity index (χ0v) is 16.7. The third kappa shape index (κ3) is 5.12. The van der Waals surface area contributed by atoms with Crippen molar-refractivity contribution >= 4 is 11.9 Å².